The van der Waals surface area contributed by atoms with Gasteiger partial charge in [0, 0.05) is 12.1 Å². The zero-order chi connectivity index (χ0) is 20.3. The Morgan fingerprint density at radius 2 is 1.68 bits per heavy atom. The molecule has 0 saturated carbocycles. The largest absolute Gasteiger partial charge is 0.416 e. The van der Waals surface area contributed by atoms with Crippen LogP contribution in [-0.2, 0) is 6.18 Å². The lowest BCUT2D eigenvalue weighted by atomic mass is 9.98. The molecular formula is C22H21F3N2O. The molecule has 146 valence electrons. The molecule has 0 unspecified atom stereocenters. The first-order chi connectivity index (χ1) is 13.3. The van der Waals surface area contributed by atoms with Gasteiger partial charge in [-0.3, -0.25) is 4.79 Å². The van der Waals surface area contributed by atoms with E-state index in [2.05, 4.69) is 5.32 Å². The third kappa shape index (κ3) is 4.34. The third-order valence-electron chi connectivity index (χ3n) is 4.71. The highest BCUT2D eigenvalue weighted by atomic mass is 19.4. The van der Waals surface area contributed by atoms with Gasteiger partial charge in [0.05, 0.1) is 11.6 Å². The SMILES string of the molecule is CN(C)[C@@H](CNC(=O)c1cccc(C(F)(F)F)c1)c1cccc2ccccc12. The molecule has 3 rings (SSSR count). The molecule has 0 aliphatic carbocycles. The van der Waals surface area contributed by atoms with Gasteiger partial charge in [0.25, 0.3) is 5.91 Å². The number of benzene rings is 3. The first-order valence-corrected chi connectivity index (χ1v) is 8.87. The molecule has 0 aliphatic heterocycles. The molecule has 0 radical (unpaired) electrons. The van der Waals surface area contributed by atoms with E-state index in [-0.39, 0.29) is 18.2 Å². The zero-order valence-electron chi connectivity index (χ0n) is 15.6. The lowest BCUT2D eigenvalue weighted by Gasteiger charge is -2.26. The standard InChI is InChI=1S/C22H21F3N2O/c1-27(2)20(19-12-6-8-15-7-3-4-11-18(15)19)14-26-21(28)16-9-5-10-17(13-16)22(23,24)25/h3-13,20H,14H2,1-2H3,(H,26,28)/t20-/m0/s1. The summed E-state index contributed by atoms with van der Waals surface area (Å²) in [6.07, 6.45) is -4.48. The monoisotopic (exact) mass is 386 g/mol. The summed E-state index contributed by atoms with van der Waals surface area (Å²) in [5.41, 5.74) is 0.205. The second-order valence-electron chi connectivity index (χ2n) is 6.84. The van der Waals surface area contributed by atoms with E-state index in [1.54, 1.807) is 0 Å². The summed E-state index contributed by atoms with van der Waals surface area (Å²) in [5, 5.41) is 4.95. The van der Waals surface area contributed by atoms with Gasteiger partial charge in [-0.25, -0.2) is 0 Å². The molecule has 0 aromatic heterocycles. The molecule has 3 aromatic rings. The predicted octanol–water partition coefficient (Wildman–Crippen LogP) is 4.89. The fraction of sp³-hybridized carbons (Fsp3) is 0.227. The number of likely N-dealkylation sites (N-methyl/N-ethyl adjacent to an activating group) is 1. The third-order valence-corrected chi connectivity index (χ3v) is 4.71. The molecule has 0 spiro atoms. The fourth-order valence-corrected chi connectivity index (χ4v) is 3.24. The lowest BCUT2D eigenvalue weighted by Crippen LogP contribution is -2.34. The summed E-state index contributed by atoms with van der Waals surface area (Å²) < 4.78 is 38.6. The van der Waals surface area contributed by atoms with Gasteiger partial charge in [0.15, 0.2) is 0 Å². The average Bonchev–Trinajstić information content (AvgIpc) is 2.67. The van der Waals surface area contributed by atoms with Gasteiger partial charge < -0.3 is 10.2 Å². The second kappa shape index (κ2) is 8.02. The number of nitrogens with zero attached hydrogens (tertiary/aromatic N) is 1. The Labute approximate surface area is 161 Å². The Hall–Kier alpha value is -2.86. The minimum absolute atomic E-state index is 0.00903. The van der Waals surface area contributed by atoms with E-state index in [9.17, 15) is 18.0 Å². The molecule has 1 amide bonds. The van der Waals surface area contributed by atoms with Gasteiger partial charge >= 0.3 is 6.18 Å². The summed E-state index contributed by atoms with van der Waals surface area (Å²) in [7, 11) is 3.81. The molecule has 0 bridgehead atoms. The highest BCUT2D eigenvalue weighted by molar-refractivity contribution is 5.94. The molecule has 0 fully saturated rings. The van der Waals surface area contributed by atoms with Gasteiger partial charge in [-0.05, 0) is 48.6 Å². The maximum atomic E-state index is 12.9. The zero-order valence-corrected chi connectivity index (χ0v) is 15.6. The molecular weight excluding hydrogens is 365 g/mol. The molecule has 3 nitrogen and oxygen atoms in total. The van der Waals surface area contributed by atoms with Crippen molar-refractivity contribution in [1.82, 2.24) is 10.2 Å². The van der Waals surface area contributed by atoms with Crippen molar-refractivity contribution in [3.8, 4) is 0 Å². The Morgan fingerprint density at radius 3 is 2.39 bits per heavy atom. The van der Waals surface area contributed by atoms with Crippen LogP contribution in [0, 0.1) is 0 Å². The number of carbonyl (C=O) groups excluding carboxylic acids is 1. The normalized spacial score (nSPS) is 12.9. The van der Waals surface area contributed by atoms with Crippen molar-refractivity contribution in [2.24, 2.45) is 0 Å². The highest BCUT2D eigenvalue weighted by Gasteiger charge is 2.31. The van der Waals surface area contributed by atoms with E-state index in [0.717, 1.165) is 28.5 Å². The van der Waals surface area contributed by atoms with Crippen LogP contribution in [0.4, 0.5) is 13.2 Å². The van der Waals surface area contributed by atoms with Gasteiger partial charge in [0.2, 0.25) is 0 Å². The van der Waals surface area contributed by atoms with Gasteiger partial charge in [-0.1, -0.05) is 48.5 Å². The number of fused-ring (bicyclic) bond motifs is 1. The van der Waals surface area contributed by atoms with E-state index in [4.69, 9.17) is 0 Å². The Morgan fingerprint density at radius 1 is 1.00 bits per heavy atom. The number of rotatable bonds is 5. The quantitative estimate of drug-likeness (QED) is 0.677. The maximum absolute atomic E-state index is 12.9. The highest BCUT2D eigenvalue weighted by Crippen LogP contribution is 2.30. The van der Waals surface area contributed by atoms with E-state index in [0.29, 0.717) is 0 Å². The summed E-state index contributed by atoms with van der Waals surface area (Å²) in [5.74, 6) is -0.529. The predicted molar refractivity (Wildman–Crippen MR) is 104 cm³/mol. The minimum Gasteiger partial charge on any atom is -0.350 e. The number of alkyl halides is 3. The van der Waals surface area contributed by atoms with Crippen LogP contribution in [0.1, 0.15) is 27.5 Å². The number of carbonyl (C=O) groups is 1. The summed E-state index contributed by atoms with van der Waals surface area (Å²) in [4.78, 5) is 14.4. The van der Waals surface area contributed by atoms with Gasteiger partial charge in [-0.15, -0.1) is 0 Å². The first kappa shape index (κ1) is 19.9. The van der Waals surface area contributed by atoms with Crippen LogP contribution in [0.3, 0.4) is 0 Å². The van der Waals surface area contributed by atoms with Crippen LogP contribution in [-0.4, -0.2) is 31.4 Å². The number of nitrogens with one attached hydrogen (secondary N) is 1. The van der Waals surface area contributed by atoms with Crippen molar-refractivity contribution in [2.75, 3.05) is 20.6 Å². The van der Waals surface area contributed by atoms with Crippen molar-refractivity contribution >= 4 is 16.7 Å². The average molecular weight is 386 g/mol. The second-order valence-corrected chi connectivity index (χ2v) is 6.84. The Kier molecular flexibility index (Phi) is 5.70. The molecule has 0 aliphatic rings. The van der Waals surface area contributed by atoms with Gasteiger partial charge in [-0.2, -0.15) is 13.2 Å². The molecule has 3 aromatic carbocycles. The minimum atomic E-state index is -4.48. The van der Waals surface area contributed by atoms with E-state index in [1.807, 2.05) is 61.5 Å². The Bertz CT molecular complexity index is 977. The van der Waals surface area contributed by atoms with Crippen molar-refractivity contribution in [1.29, 1.82) is 0 Å². The van der Waals surface area contributed by atoms with Crippen LogP contribution in [0.15, 0.2) is 66.7 Å². The van der Waals surface area contributed by atoms with E-state index < -0.39 is 17.6 Å². The molecule has 6 heteroatoms. The number of hydrogen-bond acceptors (Lipinski definition) is 2. The number of amides is 1. The topological polar surface area (TPSA) is 32.3 Å². The van der Waals surface area contributed by atoms with Crippen LogP contribution in [0.2, 0.25) is 0 Å². The van der Waals surface area contributed by atoms with Crippen LogP contribution in [0.5, 0.6) is 0 Å². The molecule has 1 N–H and O–H groups in total. The maximum Gasteiger partial charge on any atom is 0.416 e. The molecule has 0 heterocycles. The van der Waals surface area contributed by atoms with Gasteiger partial charge in [0.1, 0.15) is 0 Å². The van der Waals surface area contributed by atoms with E-state index >= 15 is 0 Å². The summed E-state index contributed by atoms with van der Waals surface area (Å²) >= 11 is 0. The van der Waals surface area contributed by atoms with Crippen LogP contribution >= 0.6 is 0 Å². The first-order valence-electron chi connectivity index (χ1n) is 8.87. The molecule has 1 atom stereocenters. The van der Waals surface area contributed by atoms with Crippen molar-refractivity contribution in [3.63, 3.8) is 0 Å². The number of halogens is 3. The van der Waals surface area contributed by atoms with Crippen molar-refractivity contribution in [3.05, 3.63) is 83.4 Å². The van der Waals surface area contributed by atoms with Crippen molar-refractivity contribution in [2.45, 2.75) is 12.2 Å². The van der Waals surface area contributed by atoms with Crippen LogP contribution < -0.4 is 5.32 Å². The summed E-state index contributed by atoms with van der Waals surface area (Å²) in [6.45, 7) is 0.274. The van der Waals surface area contributed by atoms with E-state index in [1.165, 1.54) is 12.1 Å². The molecule has 0 saturated heterocycles. The Balaban J connectivity index is 1.82. The number of hydrogen-bond donors (Lipinski definition) is 1. The lowest BCUT2D eigenvalue weighted by molar-refractivity contribution is -0.137. The smallest absolute Gasteiger partial charge is 0.350 e. The fourth-order valence-electron chi connectivity index (χ4n) is 3.24. The molecule has 28 heavy (non-hydrogen) atoms. The van der Waals surface area contributed by atoms with Crippen molar-refractivity contribution < 1.29 is 18.0 Å². The van der Waals surface area contributed by atoms with Crippen LogP contribution in [0.25, 0.3) is 10.8 Å². The summed E-state index contributed by atoms with van der Waals surface area (Å²) in [6, 6.07) is 18.3.